The lowest BCUT2D eigenvalue weighted by Crippen LogP contribution is -2.30. The number of hydrogen-bond acceptors (Lipinski definition) is 10. The monoisotopic (exact) mass is 973 g/mol. The van der Waals surface area contributed by atoms with Gasteiger partial charge in [-0.15, -0.1) is 0 Å². The molecule has 0 radical (unpaired) electrons. The molecule has 0 spiro atoms. The Labute approximate surface area is 412 Å². The van der Waals surface area contributed by atoms with Gasteiger partial charge < -0.3 is 24.2 Å². The normalized spacial score (nSPS) is 14.2. The van der Waals surface area contributed by atoms with Crippen LogP contribution in [-0.2, 0) is 42.2 Å². The molecule has 2 N–H and O–H groups in total. The highest BCUT2D eigenvalue weighted by molar-refractivity contribution is 7.47. The molecule has 0 saturated heterocycles. The second-order valence-corrected chi connectivity index (χ2v) is 18.4. The summed E-state index contributed by atoms with van der Waals surface area (Å²) in [6.07, 6.45) is 56.9. The summed E-state index contributed by atoms with van der Waals surface area (Å²) < 4.78 is 39.2. The average molecular weight is 973 g/mol. The van der Waals surface area contributed by atoms with Gasteiger partial charge in [-0.3, -0.25) is 23.4 Å². The van der Waals surface area contributed by atoms with Gasteiger partial charge in [0.25, 0.3) is 0 Å². The van der Waals surface area contributed by atoms with Gasteiger partial charge >= 0.3 is 25.7 Å². The van der Waals surface area contributed by atoms with E-state index in [-0.39, 0.29) is 25.9 Å². The molecule has 0 rings (SSSR count). The Morgan fingerprint density at radius 3 is 1.26 bits per heavy atom. The molecule has 0 aliphatic rings. The van der Waals surface area contributed by atoms with Crippen LogP contribution in [0.1, 0.15) is 201 Å². The molecule has 0 aliphatic carbocycles. The van der Waals surface area contributed by atoms with Crippen LogP contribution in [0.5, 0.6) is 0 Å². The van der Waals surface area contributed by atoms with E-state index in [0.29, 0.717) is 19.3 Å². The first-order chi connectivity index (χ1) is 33.2. The molecule has 0 saturated carbocycles. The molecule has 0 heterocycles. The third-order valence-corrected chi connectivity index (χ3v) is 11.5. The number of carbonyl (C=O) groups is 3. The Morgan fingerprint density at radius 1 is 0.426 bits per heavy atom. The minimum absolute atomic E-state index is 0.0338. The topological polar surface area (TPSA) is 155 Å². The summed E-state index contributed by atoms with van der Waals surface area (Å²) in [5, 5.41) is 9.77. The van der Waals surface area contributed by atoms with Crippen molar-refractivity contribution in [2.45, 2.75) is 213 Å². The van der Waals surface area contributed by atoms with Crippen LogP contribution in [0.2, 0.25) is 0 Å². The fourth-order valence-electron chi connectivity index (χ4n) is 6.59. The van der Waals surface area contributed by atoms with Crippen LogP contribution in [0.25, 0.3) is 0 Å². The van der Waals surface area contributed by atoms with Gasteiger partial charge in [-0.1, -0.05) is 195 Å². The van der Waals surface area contributed by atoms with Gasteiger partial charge in [-0.25, -0.2) is 4.57 Å². The van der Waals surface area contributed by atoms with Gasteiger partial charge in [0.1, 0.15) is 12.7 Å². The summed E-state index contributed by atoms with van der Waals surface area (Å²) in [5.74, 6) is -1.62. The third-order valence-electron chi connectivity index (χ3n) is 10.5. The molecule has 0 amide bonds. The lowest BCUT2D eigenvalue weighted by atomic mass is 10.0. The second-order valence-electron chi connectivity index (χ2n) is 16.9. The van der Waals surface area contributed by atoms with Crippen molar-refractivity contribution in [1.29, 1.82) is 0 Å². The van der Waals surface area contributed by atoms with Crippen molar-refractivity contribution in [3.05, 3.63) is 97.2 Å². The smallest absolute Gasteiger partial charge is 0.462 e. The van der Waals surface area contributed by atoms with Crippen molar-refractivity contribution in [3.63, 3.8) is 0 Å². The predicted molar refractivity (Wildman–Crippen MR) is 279 cm³/mol. The number of phosphoric ester groups is 1. The molecule has 0 bridgehead atoms. The Balaban J connectivity index is 4.87. The van der Waals surface area contributed by atoms with Crippen molar-refractivity contribution < 1.29 is 52.2 Å². The summed E-state index contributed by atoms with van der Waals surface area (Å²) in [6.45, 7) is 4.26. The predicted octanol–water partition coefficient (Wildman–Crippen LogP) is 14.9. The summed E-state index contributed by atoms with van der Waals surface area (Å²) >= 11 is 0. The number of esters is 3. The fourth-order valence-corrected chi connectivity index (χ4v) is 7.38. The van der Waals surface area contributed by atoms with E-state index in [9.17, 15) is 28.9 Å². The van der Waals surface area contributed by atoms with E-state index in [0.717, 1.165) is 83.5 Å². The van der Waals surface area contributed by atoms with Gasteiger partial charge in [-0.2, -0.15) is 0 Å². The maximum atomic E-state index is 12.8. The number of unbranched alkanes of at least 4 members (excludes halogenated alkanes) is 14. The Bertz CT molecular complexity index is 1510. The van der Waals surface area contributed by atoms with Crippen molar-refractivity contribution in [2.75, 3.05) is 26.4 Å². The van der Waals surface area contributed by atoms with Crippen LogP contribution in [-0.4, -0.2) is 66.5 Å². The summed E-state index contributed by atoms with van der Waals surface area (Å²) in [6, 6.07) is 0. The number of aliphatic hydroxyl groups excluding tert-OH is 1. The van der Waals surface area contributed by atoms with Crippen LogP contribution < -0.4 is 0 Å². The minimum Gasteiger partial charge on any atom is -0.462 e. The number of carbonyl (C=O) groups excluding carboxylic acids is 3. The Kier molecular flexibility index (Phi) is 47.2. The van der Waals surface area contributed by atoms with Crippen LogP contribution in [0.15, 0.2) is 97.2 Å². The third kappa shape index (κ3) is 47.5. The lowest BCUT2D eigenvalue weighted by molar-refractivity contribution is -0.161. The van der Waals surface area contributed by atoms with Crippen LogP contribution in [0.4, 0.5) is 0 Å². The first kappa shape index (κ1) is 64.4. The van der Waals surface area contributed by atoms with Crippen LogP contribution in [0, 0.1) is 0 Å². The quantitative estimate of drug-likeness (QED) is 0.0197. The highest BCUT2D eigenvalue weighted by atomic mass is 31.2. The highest BCUT2D eigenvalue weighted by Crippen LogP contribution is 2.43. The van der Waals surface area contributed by atoms with Crippen molar-refractivity contribution in [3.8, 4) is 0 Å². The molecule has 0 aromatic heterocycles. The highest BCUT2D eigenvalue weighted by Gasteiger charge is 2.28. The summed E-state index contributed by atoms with van der Waals surface area (Å²) in [5.41, 5.74) is 0. The lowest BCUT2D eigenvalue weighted by Gasteiger charge is -2.21. The van der Waals surface area contributed by atoms with Crippen LogP contribution >= 0.6 is 7.82 Å². The Hall–Kier alpha value is -3.60. The zero-order valence-corrected chi connectivity index (χ0v) is 43.4. The van der Waals surface area contributed by atoms with Crippen molar-refractivity contribution >= 4 is 25.7 Å². The standard InChI is InChI=1S/C56H93O11P/c1-4-7-10-13-16-19-22-25-26-29-30-33-36-39-42-45-54(58)63-49-53(67-56(60)47-44-41-38-35-32-28-24-21-18-15-12-9-6-3)51-65-68(61,62)64-50-52(48-57)66-55(59)46-43-40-37-34-31-27-23-20-17-14-11-8-5-2/h7,9-10,12,16,18-19,21,25-26,28,30,32-33,38,41,52-53,57H,4-6,8,11,13-15,17,20,22-24,27,29,31,34-37,39-40,42-51H2,1-3H3,(H,61,62)/b10-7-,12-9-,19-16-,21-18-,26-25-,32-28-,33-30-,41-38-. The summed E-state index contributed by atoms with van der Waals surface area (Å²) in [7, 11) is -4.77. The molecule has 11 nitrogen and oxygen atoms in total. The number of allylic oxidation sites excluding steroid dienone is 16. The maximum absolute atomic E-state index is 12.8. The molecule has 0 aromatic carbocycles. The molecule has 0 aromatic rings. The van der Waals surface area contributed by atoms with E-state index in [2.05, 4.69) is 106 Å². The number of aliphatic hydroxyl groups is 1. The maximum Gasteiger partial charge on any atom is 0.472 e. The number of hydrogen-bond donors (Lipinski definition) is 2. The van der Waals surface area contributed by atoms with Gasteiger partial charge in [0.2, 0.25) is 0 Å². The molecule has 0 fully saturated rings. The van der Waals surface area contributed by atoms with Gasteiger partial charge in [0.05, 0.1) is 19.8 Å². The van der Waals surface area contributed by atoms with Gasteiger partial charge in [0, 0.05) is 19.3 Å². The van der Waals surface area contributed by atoms with E-state index in [4.69, 9.17) is 23.3 Å². The zero-order chi connectivity index (χ0) is 49.9. The van der Waals surface area contributed by atoms with E-state index in [1.165, 1.54) is 57.8 Å². The molecule has 388 valence electrons. The van der Waals surface area contributed by atoms with Crippen LogP contribution in [0.3, 0.4) is 0 Å². The zero-order valence-electron chi connectivity index (χ0n) is 42.5. The largest absolute Gasteiger partial charge is 0.472 e. The van der Waals surface area contributed by atoms with E-state index in [1.807, 2.05) is 12.2 Å². The minimum atomic E-state index is -4.77. The first-order valence-corrected chi connectivity index (χ1v) is 27.6. The number of ether oxygens (including phenoxy) is 3. The SMILES string of the molecule is CC/C=C\C/C=C\C/C=C\C/C=C\CCCCC(=O)OCC(COP(=O)(O)OCC(CO)OC(=O)CCCCCCCCCCCCCCC)OC(=O)CC/C=C\C/C=C\C/C=C\C/C=C\CC. The first-order valence-electron chi connectivity index (χ1n) is 26.1. The van der Waals surface area contributed by atoms with Gasteiger partial charge in [-0.05, 0) is 83.5 Å². The average Bonchev–Trinajstić information content (AvgIpc) is 3.32. The van der Waals surface area contributed by atoms with Crippen molar-refractivity contribution in [1.82, 2.24) is 0 Å². The molecular weight excluding hydrogens is 880 g/mol. The molecule has 0 aliphatic heterocycles. The molecule has 68 heavy (non-hydrogen) atoms. The second kappa shape index (κ2) is 49.8. The molecular formula is C56H93O11P. The Morgan fingerprint density at radius 2 is 0.794 bits per heavy atom. The number of rotatable bonds is 47. The number of phosphoric acid groups is 1. The molecule has 3 atom stereocenters. The van der Waals surface area contributed by atoms with Crippen molar-refractivity contribution in [2.24, 2.45) is 0 Å². The van der Waals surface area contributed by atoms with Gasteiger partial charge in [0.15, 0.2) is 6.10 Å². The summed E-state index contributed by atoms with van der Waals surface area (Å²) in [4.78, 5) is 48.3. The molecule has 3 unspecified atom stereocenters. The fraction of sp³-hybridized carbons (Fsp3) is 0.661. The molecule has 12 heteroatoms. The van der Waals surface area contributed by atoms with E-state index in [1.54, 1.807) is 0 Å². The van der Waals surface area contributed by atoms with E-state index >= 15 is 0 Å². The van der Waals surface area contributed by atoms with E-state index < -0.39 is 57.8 Å².